The lowest BCUT2D eigenvalue weighted by atomic mass is 10.2. The van der Waals surface area contributed by atoms with Gasteiger partial charge >= 0.3 is 10.2 Å². The summed E-state index contributed by atoms with van der Waals surface area (Å²) in [4.78, 5) is 0. The minimum Gasteiger partial charge on any atom is -0.397 e. The van der Waals surface area contributed by atoms with Crippen molar-refractivity contribution in [2.75, 3.05) is 23.5 Å². The molecule has 1 saturated heterocycles. The highest BCUT2D eigenvalue weighted by atomic mass is 35.5. The Bertz CT molecular complexity index is 520. The van der Waals surface area contributed by atoms with E-state index in [1.165, 1.54) is 4.31 Å². The monoisotopic (exact) mass is 303 g/mol. The molecule has 0 spiro atoms. The van der Waals surface area contributed by atoms with Gasteiger partial charge in [0.2, 0.25) is 0 Å². The van der Waals surface area contributed by atoms with Gasteiger partial charge in [0.05, 0.1) is 16.4 Å². The van der Waals surface area contributed by atoms with Gasteiger partial charge in [0.25, 0.3) is 0 Å². The highest BCUT2D eigenvalue weighted by Gasteiger charge is 2.24. The molecule has 1 aliphatic rings. The summed E-state index contributed by atoms with van der Waals surface area (Å²) < 4.78 is 28.6. The molecule has 1 aromatic rings. The van der Waals surface area contributed by atoms with Crippen molar-refractivity contribution >= 4 is 33.2 Å². The van der Waals surface area contributed by atoms with Crippen LogP contribution in [0.25, 0.3) is 0 Å². The second-order valence-corrected chi connectivity index (χ2v) is 6.70. The molecule has 0 aliphatic carbocycles. The molecule has 0 bridgehead atoms. The van der Waals surface area contributed by atoms with E-state index >= 15 is 0 Å². The molecule has 1 heterocycles. The molecule has 0 radical (unpaired) electrons. The van der Waals surface area contributed by atoms with E-state index in [2.05, 4.69) is 4.72 Å². The van der Waals surface area contributed by atoms with Gasteiger partial charge in [0.1, 0.15) is 0 Å². The topological polar surface area (TPSA) is 75.4 Å². The average Bonchev–Trinajstić information content (AvgIpc) is 2.63. The van der Waals surface area contributed by atoms with Crippen LogP contribution in [-0.2, 0) is 10.2 Å². The number of anilines is 2. The third-order valence-electron chi connectivity index (χ3n) is 3.18. The Hall–Kier alpha value is -0.980. The van der Waals surface area contributed by atoms with Crippen molar-refractivity contribution < 1.29 is 8.42 Å². The van der Waals surface area contributed by atoms with E-state index < -0.39 is 10.2 Å². The fraction of sp³-hybridized carbons (Fsp3) is 0.500. The van der Waals surface area contributed by atoms with Crippen LogP contribution in [0.3, 0.4) is 0 Å². The van der Waals surface area contributed by atoms with Gasteiger partial charge in [-0.05, 0) is 25.0 Å². The summed E-state index contributed by atoms with van der Waals surface area (Å²) in [7, 11) is -3.59. The first kappa shape index (κ1) is 14.4. The summed E-state index contributed by atoms with van der Waals surface area (Å²) in [6.45, 7) is 1.08. The maximum Gasteiger partial charge on any atom is 0.301 e. The van der Waals surface area contributed by atoms with Crippen molar-refractivity contribution in [1.29, 1.82) is 0 Å². The zero-order chi connectivity index (χ0) is 13.9. The highest BCUT2D eigenvalue weighted by Crippen LogP contribution is 2.29. The van der Waals surface area contributed by atoms with Gasteiger partial charge < -0.3 is 5.73 Å². The average molecular weight is 304 g/mol. The number of halogens is 1. The molecule has 106 valence electrons. The van der Waals surface area contributed by atoms with Crippen LogP contribution >= 0.6 is 11.6 Å². The van der Waals surface area contributed by atoms with E-state index in [9.17, 15) is 8.42 Å². The number of nitrogens with zero attached hydrogens (tertiary/aromatic N) is 1. The summed E-state index contributed by atoms with van der Waals surface area (Å²) in [5, 5.41) is 0.304. The quantitative estimate of drug-likeness (QED) is 0.842. The number of hydrogen-bond donors (Lipinski definition) is 2. The maximum absolute atomic E-state index is 12.3. The first-order valence-electron chi connectivity index (χ1n) is 6.32. The smallest absolute Gasteiger partial charge is 0.301 e. The molecule has 2 rings (SSSR count). The summed E-state index contributed by atoms with van der Waals surface area (Å²) in [6.07, 6.45) is 3.92. The van der Waals surface area contributed by atoms with Gasteiger partial charge in [0.15, 0.2) is 0 Å². The maximum atomic E-state index is 12.3. The number of rotatable bonds is 3. The van der Waals surface area contributed by atoms with Gasteiger partial charge in [-0.2, -0.15) is 12.7 Å². The Kier molecular flexibility index (Phi) is 4.54. The second kappa shape index (κ2) is 5.98. The van der Waals surface area contributed by atoms with Crippen LogP contribution in [0.15, 0.2) is 18.2 Å². The molecule has 1 aromatic carbocycles. The van der Waals surface area contributed by atoms with E-state index in [0.29, 0.717) is 23.8 Å². The lowest BCUT2D eigenvalue weighted by Crippen LogP contribution is -2.36. The summed E-state index contributed by atoms with van der Waals surface area (Å²) >= 11 is 5.98. The summed E-state index contributed by atoms with van der Waals surface area (Å²) in [6, 6.07) is 4.91. The minimum atomic E-state index is -3.59. The summed E-state index contributed by atoms with van der Waals surface area (Å²) in [5.74, 6) is 0. The first-order chi connectivity index (χ1) is 9.00. The van der Waals surface area contributed by atoms with Gasteiger partial charge in [0, 0.05) is 13.1 Å². The largest absolute Gasteiger partial charge is 0.397 e. The minimum absolute atomic E-state index is 0.258. The zero-order valence-corrected chi connectivity index (χ0v) is 12.2. The van der Waals surface area contributed by atoms with Gasteiger partial charge in [-0.3, -0.25) is 4.72 Å². The molecule has 0 aromatic heterocycles. The summed E-state index contributed by atoms with van der Waals surface area (Å²) in [5.41, 5.74) is 6.34. The van der Waals surface area contributed by atoms with Crippen LogP contribution < -0.4 is 10.5 Å². The Balaban J connectivity index is 2.20. The molecule has 7 heteroatoms. The van der Waals surface area contributed by atoms with Crippen molar-refractivity contribution in [2.24, 2.45) is 0 Å². The van der Waals surface area contributed by atoms with Crippen molar-refractivity contribution in [3.8, 4) is 0 Å². The van der Waals surface area contributed by atoms with Crippen molar-refractivity contribution in [3.63, 3.8) is 0 Å². The van der Waals surface area contributed by atoms with E-state index in [0.717, 1.165) is 25.7 Å². The second-order valence-electron chi connectivity index (χ2n) is 4.62. The number of nitrogens with one attached hydrogen (secondary N) is 1. The van der Waals surface area contributed by atoms with Crippen LogP contribution in [0.2, 0.25) is 5.02 Å². The molecule has 3 N–H and O–H groups in total. The third-order valence-corrected chi connectivity index (χ3v) is 5.00. The molecular weight excluding hydrogens is 286 g/mol. The van der Waals surface area contributed by atoms with Gasteiger partial charge in [-0.15, -0.1) is 0 Å². The molecule has 0 atom stereocenters. The number of nitrogen functional groups attached to an aromatic ring is 1. The molecule has 0 amide bonds. The SMILES string of the molecule is Nc1cccc(Cl)c1NS(=O)(=O)N1CCCCCC1. The van der Waals surface area contributed by atoms with E-state index in [1.54, 1.807) is 18.2 Å². The van der Waals surface area contributed by atoms with Gasteiger partial charge in [-0.1, -0.05) is 30.5 Å². The predicted molar refractivity (Wildman–Crippen MR) is 78.4 cm³/mol. The fourth-order valence-corrected chi connectivity index (χ4v) is 3.76. The standard InChI is InChI=1S/C12H18ClN3O2S/c13-10-6-5-7-11(14)12(10)15-19(17,18)16-8-3-1-2-4-9-16/h5-7,15H,1-4,8-9,14H2. The van der Waals surface area contributed by atoms with E-state index in [-0.39, 0.29) is 5.69 Å². The molecule has 19 heavy (non-hydrogen) atoms. The molecule has 1 aliphatic heterocycles. The normalized spacial score (nSPS) is 17.9. The van der Waals surface area contributed by atoms with E-state index in [1.807, 2.05) is 0 Å². The lowest BCUT2D eigenvalue weighted by molar-refractivity contribution is 0.427. The van der Waals surface area contributed by atoms with Crippen LogP contribution in [0, 0.1) is 0 Å². The van der Waals surface area contributed by atoms with E-state index in [4.69, 9.17) is 17.3 Å². The molecule has 1 fully saturated rings. The fourth-order valence-electron chi connectivity index (χ4n) is 2.12. The molecule has 0 unspecified atom stereocenters. The molecule has 5 nitrogen and oxygen atoms in total. The Labute approximate surface area is 118 Å². The van der Waals surface area contributed by atoms with Crippen molar-refractivity contribution in [3.05, 3.63) is 23.2 Å². The predicted octanol–water partition coefficient (Wildman–Crippen LogP) is 2.45. The number of nitrogens with two attached hydrogens (primary N) is 1. The molecule has 0 saturated carbocycles. The van der Waals surface area contributed by atoms with Crippen molar-refractivity contribution in [1.82, 2.24) is 4.31 Å². The Morgan fingerprint density at radius 3 is 2.37 bits per heavy atom. The van der Waals surface area contributed by atoms with Crippen molar-refractivity contribution in [2.45, 2.75) is 25.7 Å². The number of benzene rings is 1. The van der Waals surface area contributed by atoms with Gasteiger partial charge in [-0.25, -0.2) is 0 Å². The highest BCUT2D eigenvalue weighted by molar-refractivity contribution is 7.90. The number of para-hydroxylation sites is 1. The first-order valence-corrected chi connectivity index (χ1v) is 8.14. The molecular formula is C12H18ClN3O2S. The zero-order valence-electron chi connectivity index (χ0n) is 10.6. The third kappa shape index (κ3) is 3.52. The van der Waals surface area contributed by atoms with Crippen LogP contribution in [0.4, 0.5) is 11.4 Å². The number of hydrogen-bond acceptors (Lipinski definition) is 3. The van der Waals surface area contributed by atoms with Crippen LogP contribution in [-0.4, -0.2) is 25.8 Å². The Morgan fingerprint density at radius 2 is 1.79 bits per heavy atom. The lowest BCUT2D eigenvalue weighted by Gasteiger charge is -2.21. The van der Waals surface area contributed by atoms with Crippen LogP contribution in [0.1, 0.15) is 25.7 Å². The van der Waals surface area contributed by atoms with Crippen LogP contribution in [0.5, 0.6) is 0 Å². The Morgan fingerprint density at radius 1 is 1.16 bits per heavy atom.